The number of nitrogens with zero attached hydrogens (tertiary/aromatic N) is 6. The Morgan fingerprint density at radius 1 is 1.20 bits per heavy atom. The molecule has 5 rings (SSSR count). The van der Waals surface area contributed by atoms with Crippen molar-refractivity contribution in [3.63, 3.8) is 0 Å². The first-order valence-corrected chi connectivity index (χ1v) is 10.4. The minimum atomic E-state index is -0.567. The molecule has 0 radical (unpaired) electrons. The van der Waals surface area contributed by atoms with Crippen molar-refractivity contribution in [3.05, 3.63) is 24.4 Å². The molecule has 9 nitrogen and oxygen atoms in total. The molecule has 2 aliphatic rings. The summed E-state index contributed by atoms with van der Waals surface area (Å²) < 4.78 is 13.0. The van der Waals surface area contributed by atoms with Gasteiger partial charge in [0, 0.05) is 50.3 Å². The van der Waals surface area contributed by atoms with E-state index in [2.05, 4.69) is 34.0 Å². The van der Waals surface area contributed by atoms with E-state index in [-0.39, 0.29) is 11.9 Å². The number of rotatable bonds is 5. The Kier molecular flexibility index (Phi) is 4.50. The van der Waals surface area contributed by atoms with E-state index >= 15 is 0 Å². The van der Waals surface area contributed by atoms with Crippen LogP contribution in [0.15, 0.2) is 28.9 Å². The third kappa shape index (κ3) is 3.13. The molecule has 0 bridgehead atoms. The summed E-state index contributed by atoms with van der Waals surface area (Å²) in [5.74, 6) is 1.15. The number of piperazine rings is 1. The van der Waals surface area contributed by atoms with Crippen LogP contribution in [0.2, 0.25) is 0 Å². The normalized spacial score (nSPS) is 18.4. The van der Waals surface area contributed by atoms with Gasteiger partial charge in [0.15, 0.2) is 0 Å². The lowest BCUT2D eigenvalue weighted by Gasteiger charge is -2.35. The van der Waals surface area contributed by atoms with Crippen LogP contribution in [-0.4, -0.2) is 69.6 Å². The van der Waals surface area contributed by atoms with Crippen molar-refractivity contribution in [2.24, 2.45) is 0 Å². The van der Waals surface area contributed by atoms with Gasteiger partial charge in [-0.15, -0.1) is 0 Å². The Labute approximate surface area is 174 Å². The van der Waals surface area contributed by atoms with Gasteiger partial charge in [-0.25, -0.2) is 0 Å². The number of hydrogen-bond acceptors (Lipinski definition) is 7. The highest BCUT2D eigenvalue weighted by molar-refractivity contribution is 5.88. The molecule has 1 aromatic carbocycles. The molecular weight excluding hydrogens is 384 g/mol. The second kappa shape index (κ2) is 7.09. The highest BCUT2D eigenvalue weighted by atomic mass is 16.5. The minimum Gasteiger partial charge on any atom is -0.368 e. The second-order valence-electron chi connectivity index (χ2n) is 8.33. The minimum absolute atomic E-state index is 0.105. The van der Waals surface area contributed by atoms with Gasteiger partial charge in [0.1, 0.15) is 5.60 Å². The van der Waals surface area contributed by atoms with E-state index < -0.39 is 5.60 Å². The zero-order valence-corrected chi connectivity index (χ0v) is 17.5. The quantitative estimate of drug-likeness (QED) is 0.638. The SMILES string of the molecule is COC1(C(=O)N2CCN(c3noc(-c4ccc5cnn(C(C)C)c5c4)n3)CC2)CC1. The molecule has 1 amide bonds. The molecule has 9 heteroatoms. The lowest BCUT2D eigenvalue weighted by atomic mass is 10.1. The fourth-order valence-corrected chi connectivity index (χ4v) is 4.06. The van der Waals surface area contributed by atoms with Crippen LogP contribution in [0.25, 0.3) is 22.4 Å². The van der Waals surface area contributed by atoms with Crippen LogP contribution < -0.4 is 4.90 Å². The van der Waals surface area contributed by atoms with Crippen LogP contribution in [-0.2, 0) is 9.53 Å². The number of carbonyl (C=O) groups is 1. The maximum absolute atomic E-state index is 12.6. The van der Waals surface area contributed by atoms with Gasteiger partial charge in [0.2, 0.25) is 0 Å². The molecule has 0 N–H and O–H groups in total. The highest BCUT2D eigenvalue weighted by Crippen LogP contribution is 2.40. The lowest BCUT2D eigenvalue weighted by Crippen LogP contribution is -2.52. The van der Waals surface area contributed by atoms with E-state index in [0.29, 0.717) is 38.0 Å². The van der Waals surface area contributed by atoms with Crippen molar-refractivity contribution >= 4 is 22.8 Å². The van der Waals surface area contributed by atoms with Gasteiger partial charge in [-0.1, -0.05) is 6.07 Å². The molecule has 2 fully saturated rings. The number of hydrogen-bond donors (Lipinski definition) is 0. The van der Waals surface area contributed by atoms with Crippen molar-refractivity contribution in [3.8, 4) is 11.5 Å². The summed E-state index contributed by atoms with van der Waals surface area (Å²) >= 11 is 0. The molecule has 1 saturated carbocycles. The Morgan fingerprint density at radius 3 is 2.63 bits per heavy atom. The number of aromatic nitrogens is 4. The number of anilines is 1. The van der Waals surface area contributed by atoms with Crippen LogP contribution >= 0.6 is 0 Å². The molecule has 3 aromatic rings. The third-order valence-electron chi connectivity index (χ3n) is 6.08. The van der Waals surface area contributed by atoms with Crippen molar-refractivity contribution in [2.75, 3.05) is 38.2 Å². The van der Waals surface area contributed by atoms with E-state index in [1.165, 1.54) is 0 Å². The van der Waals surface area contributed by atoms with Crippen molar-refractivity contribution in [1.29, 1.82) is 0 Å². The average Bonchev–Trinajstić information content (AvgIpc) is 3.21. The number of carbonyl (C=O) groups excluding carboxylic acids is 1. The van der Waals surface area contributed by atoms with Gasteiger partial charge in [-0.3, -0.25) is 9.48 Å². The molecule has 30 heavy (non-hydrogen) atoms. The molecular formula is C21H26N6O3. The molecule has 158 valence electrons. The summed E-state index contributed by atoms with van der Waals surface area (Å²) in [5.41, 5.74) is 1.34. The first-order valence-electron chi connectivity index (χ1n) is 10.4. The van der Waals surface area contributed by atoms with Crippen molar-refractivity contribution in [1.82, 2.24) is 24.8 Å². The summed E-state index contributed by atoms with van der Waals surface area (Å²) in [7, 11) is 1.62. The van der Waals surface area contributed by atoms with Crippen LogP contribution in [0.1, 0.15) is 32.7 Å². The van der Waals surface area contributed by atoms with Gasteiger partial charge < -0.3 is 19.1 Å². The van der Waals surface area contributed by atoms with E-state index in [1.54, 1.807) is 7.11 Å². The molecule has 1 aliphatic heterocycles. The summed E-state index contributed by atoms with van der Waals surface area (Å²) in [6, 6.07) is 6.30. The van der Waals surface area contributed by atoms with Crippen molar-refractivity contribution in [2.45, 2.75) is 38.3 Å². The molecule has 3 heterocycles. The third-order valence-corrected chi connectivity index (χ3v) is 6.08. The summed E-state index contributed by atoms with van der Waals surface area (Å²) in [5, 5.41) is 9.72. The summed E-state index contributed by atoms with van der Waals surface area (Å²) in [6.07, 6.45) is 3.50. The molecule has 0 atom stereocenters. The fourth-order valence-electron chi connectivity index (χ4n) is 4.06. The average molecular weight is 410 g/mol. The second-order valence-corrected chi connectivity index (χ2v) is 8.33. The first-order chi connectivity index (χ1) is 14.5. The topological polar surface area (TPSA) is 89.5 Å². The zero-order valence-electron chi connectivity index (χ0n) is 17.5. The smallest absolute Gasteiger partial charge is 0.266 e. The lowest BCUT2D eigenvalue weighted by molar-refractivity contribution is -0.144. The summed E-state index contributed by atoms with van der Waals surface area (Å²) in [6.45, 7) is 6.81. The first kappa shape index (κ1) is 19.0. The molecule has 1 aliphatic carbocycles. The number of benzene rings is 1. The van der Waals surface area contributed by atoms with Crippen LogP contribution in [0.4, 0.5) is 5.95 Å². The molecule has 0 spiro atoms. The number of fused-ring (bicyclic) bond motifs is 1. The highest BCUT2D eigenvalue weighted by Gasteiger charge is 2.52. The fraction of sp³-hybridized carbons (Fsp3) is 0.524. The van der Waals surface area contributed by atoms with E-state index in [9.17, 15) is 4.79 Å². The van der Waals surface area contributed by atoms with Crippen LogP contribution in [0, 0.1) is 0 Å². The molecule has 1 saturated heterocycles. The molecule has 2 aromatic heterocycles. The van der Waals surface area contributed by atoms with Gasteiger partial charge in [-0.2, -0.15) is 10.1 Å². The Bertz CT molecular complexity index is 1080. The predicted octanol–water partition coefficient (Wildman–Crippen LogP) is 2.49. The maximum atomic E-state index is 12.6. The Balaban J connectivity index is 1.30. The Morgan fingerprint density at radius 2 is 1.97 bits per heavy atom. The van der Waals surface area contributed by atoms with Gasteiger partial charge in [-0.05, 0) is 44.0 Å². The van der Waals surface area contributed by atoms with E-state index in [0.717, 1.165) is 29.3 Å². The van der Waals surface area contributed by atoms with Gasteiger partial charge in [0.05, 0.1) is 11.7 Å². The monoisotopic (exact) mass is 410 g/mol. The Hall–Kier alpha value is -2.94. The standard InChI is InChI=1S/C21H26N6O3/c1-14(2)27-17-12-15(4-5-16(17)13-22-27)18-23-20(24-30-18)26-10-8-25(9-11-26)19(28)21(29-3)6-7-21/h4-5,12-14H,6-11H2,1-3H3. The molecule has 0 unspecified atom stereocenters. The van der Waals surface area contributed by atoms with Crippen LogP contribution in [0.3, 0.4) is 0 Å². The van der Waals surface area contributed by atoms with Crippen LogP contribution in [0.5, 0.6) is 0 Å². The zero-order chi connectivity index (χ0) is 20.9. The van der Waals surface area contributed by atoms with Crippen molar-refractivity contribution < 1.29 is 14.1 Å². The van der Waals surface area contributed by atoms with E-state index in [4.69, 9.17) is 9.26 Å². The number of amides is 1. The maximum Gasteiger partial charge on any atom is 0.266 e. The summed E-state index contributed by atoms with van der Waals surface area (Å²) in [4.78, 5) is 21.2. The number of ether oxygens (including phenoxy) is 1. The van der Waals surface area contributed by atoms with Gasteiger partial charge in [0.25, 0.3) is 17.7 Å². The number of methoxy groups -OCH3 is 1. The van der Waals surface area contributed by atoms with E-state index in [1.807, 2.05) is 34.0 Å². The van der Waals surface area contributed by atoms with Gasteiger partial charge >= 0.3 is 0 Å². The predicted molar refractivity (Wildman–Crippen MR) is 111 cm³/mol. The largest absolute Gasteiger partial charge is 0.368 e.